The van der Waals surface area contributed by atoms with Crippen LogP contribution >= 0.6 is 0 Å². The molecule has 1 aliphatic carbocycles. The number of benzene rings is 3. The van der Waals surface area contributed by atoms with Crippen LogP contribution in [0, 0.1) is 17.6 Å². The van der Waals surface area contributed by atoms with E-state index in [1.54, 1.807) is 0 Å². The summed E-state index contributed by atoms with van der Waals surface area (Å²) in [4.78, 5) is 61.3. The molecule has 0 saturated heterocycles. The second-order valence-electron chi connectivity index (χ2n) is 11.1. The zero-order valence-electron chi connectivity index (χ0n) is 24.8. The Labute approximate surface area is 266 Å². The molecule has 1 aliphatic rings. The minimum absolute atomic E-state index is 0.111. The van der Waals surface area contributed by atoms with Crippen molar-refractivity contribution in [2.75, 3.05) is 4.72 Å². The highest BCUT2D eigenvalue weighted by Crippen LogP contribution is 2.33. The first-order chi connectivity index (χ1) is 22.2. The average molecular weight is 667 g/mol. The van der Waals surface area contributed by atoms with Gasteiger partial charge in [0.1, 0.15) is 23.2 Å². The number of sulfonamides is 1. The van der Waals surface area contributed by atoms with Crippen molar-refractivity contribution in [1.82, 2.24) is 14.5 Å². The van der Waals surface area contributed by atoms with Crippen LogP contribution in [0.1, 0.15) is 45.5 Å². The number of carbonyl (C=O) groups excluding carboxylic acids is 2. The molecule has 0 aliphatic heterocycles. The first-order valence-electron chi connectivity index (χ1n) is 14.3. The number of nitrogens with zero attached hydrogens (tertiary/aromatic N) is 2. The van der Waals surface area contributed by atoms with Crippen molar-refractivity contribution in [2.24, 2.45) is 13.0 Å². The normalized spacial score (nSPS) is 13.5. The number of carbonyl (C=O) groups is 3. The maximum atomic E-state index is 15.0. The molecule has 1 heterocycles. The summed E-state index contributed by atoms with van der Waals surface area (Å²) in [6.07, 6.45) is 3.33. The van der Waals surface area contributed by atoms with E-state index in [9.17, 15) is 46.3 Å². The number of carboxylic acid groups (broad SMARTS) is 1. The Kier molecular flexibility index (Phi) is 9.19. The van der Waals surface area contributed by atoms with Gasteiger partial charge in [0.05, 0.1) is 16.3 Å². The molecule has 0 radical (unpaired) electrons. The lowest BCUT2D eigenvalue weighted by Gasteiger charge is -2.16. The van der Waals surface area contributed by atoms with Crippen molar-refractivity contribution in [3.63, 3.8) is 0 Å². The van der Waals surface area contributed by atoms with Crippen molar-refractivity contribution in [3.8, 4) is 5.69 Å². The van der Waals surface area contributed by atoms with Gasteiger partial charge in [0.2, 0.25) is 0 Å². The molecule has 0 spiro atoms. The number of amides is 1. The molecular weight excluding hydrogens is 638 g/mol. The van der Waals surface area contributed by atoms with Crippen LogP contribution in [0.15, 0.2) is 87.4 Å². The predicted molar refractivity (Wildman–Crippen MR) is 165 cm³/mol. The van der Waals surface area contributed by atoms with E-state index in [2.05, 4.69) is 5.32 Å². The molecule has 3 aromatic carbocycles. The van der Waals surface area contributed by atoms with E-state index in [1.165, 1.54) is 72.4 Å². The van der Waals surface area contributed by atoms with Gasteiger partial charge < -0.3 is 15.0 Å². The van der Waals surface area contributed by atoms with Crippen molar-refractivity contribution < 1.29 is 36.7 Å². The van der Waals surface area contributed by atoms with Crippen molar-refractivity contribution in [1.29, 1.82) is 0 Å². The Hall–Kier alpha value is -5.44. The fourth-order valence-corrected chi connectivity index (χ4v) is 5.88. The number of hydrogen-bond donors (Lipinski definition) is 3. The molecule has 3 N–H and O–H groups in total. The summed E-state index contributed by atoms with van der Waals surface area (Å²) in [5, 5.41) is 11.8. The predicted octanol–water partition coefficient (Wildman–Crippen LogP) is 3.02. The van der Waals surface area contributed by atoms with Gasteiger partial charge >= 0.3 is 11.7 Å². The van der Waals surface area contributed by atoms with Gasteiger partial charge in [-0.2, -0.15) is 0 Å². The monoisotopic (exact) mass is 666 g/mol. The second-order valence-corrected chi connectivity index (χ2v) is 12.8. The van der Waals surface area contributed by atoms with Crippen LogP contribution in [0.2, 0.25) is 0 Å². The number of Topliss-reactive ketones (excluding diaryl/α,β-unsaturated/α-hetero) is 1. The number of halogens is 2. The largest absolute Gasteiger partial charge is 0.480 e. The SMILES string of the molecule is Cn1ccc(=O)n(-c2ccc(C[C@H](NC(=O)c3c(F)cc(NS(=O)(=O)c4ccc(C(=O)CC5CC5)cc4)cc3F)C(=O)O)cc2)c1=O. The zero-order valence-corrected chi connectivity index (χ0v) is 25.6. The third-order valence-electron chi connectivity index (χ3n) is 7.57. The van der Waals surface area contributed by atoms with E-state index < -0.39 is 62.1 Å². The van der Waals surface area contributed by atoms with E-state index >= 15 is 0 Å². The highest BCUT2D eigenvalue weighted by Gasteiger charge is 2.27. The summed E-state index contributed by atoms with van der Waals surface area (Å²) in [6, 6.07) is 11.5. The van der Waals surface area contributed by atoms with Gasteiger partial charge in [-0.25, -0.2) is 31.4 Å². The molecule has 0 unspecified atom stereocenters. The quantitative estimate of drug-likeness (QED) is 0.194. The number of aryl methyl sites for hydroxylation is 1. The summed E-state index contributed by atoms with van der Waals surface area (Å²) < 4.78 is 59.8. The first-order valence-corrected chi connectivity index (χ1v) is 15.8. The highest BCUT2D eigenvalue weighted by atomic mass is 32.2. The molecule has 244 valence electrons. The molecule has 5 rings (SSSR count). The van der Waals surface area contributed by atoms with Gasteiger partial charge in [-0.15, -0.1) is 0 Å². The molecule has 15 heteroatoms. The van der Waals surface area contributed by atoms with Crippen LogP contribution < -0.4 is 21.3 Å². The highest BCUT2D eigenvalue weighted by molar-refractivity contribution is 7.92. The molecular formula is C32H28F2N4O8S. The number of rotatable bonds is 12. The Bertz CT molecular complexity index is 2080. The number of anilines is 1. The van der Waals surface area contributed by atoms with Crippen LogP contribution in [0.4, 0.5) is 14.5 Å². The molecule has 4 aromatic rings. The Morgan fingerprint density at radius 2 is 1.57 bits per heavy atom. The van der Waals surface area contributed by atoms with Gasteiger partial charge in [0, 0.05) is 37.7 Å². The van der Waals surface area contributed by atoms with Gasteiger partial charge in [0.25, 0.3) is 21.5 Å². The lowest BCUT2D eigenvalue weighted by molar-refractivity contribution is -0.139. The topological polar surface area (TPSA) is 174 Å². The summed E-state index contributed by atoms with van der Waals surface area (Å²) >= 11 is 0. The third-order valence-corrected chi connectivity index (χ3v) is 8.97. The van der Waals surface area contributed by atoms with Crippen LogP contribution in [-0.4, -0.2) is 46.4 Å². The van der Waals surface area contributed by atoms with Crippen LogP contribution in [0.25, 0.3) is 5.69 Å². The van der Waals surface area contributed by atoms with E-state index in [0.717, 1.165) is 17.4 Å². The molecule has 1 aromatic heterocycles. The van der Waals surface area contributed by atoms with E-state index in [1.807, 2.05) is 4.72 Å². The number of aliphatic carboxylic acids is 1. The fraction of sp³-hybridized carbons (Fsp3) is 0.219. The molecule has 1 amide bonds. The molecule has 1 atom stereocenters. The number of hydrogen-bond acceptors (Lipinski definition) is 7. The number of aromatic nitrogens is 2. The van der Waals surface area contributed by atoms with E-state index in [0.29, 0.717) is 35.6 Å². The van der Waals surface area contributed by atoms with Crippen LogP contribution in [0.5, 0.6) is 0 Å². The van der Waals surface area contributed by atoms with Gasteiger partial charge in [-0.05, 0) is 60.7 Å². The molecule has 1 fully saturated rings. The zero-order chi connectivity index (χ0) is 34.0. The summed E-state index contributed by atoms with van der Waals surface area (Å²) in [6.45, 7) is 0. The fourth-order valence-electron chi connectivity index (χ4n) is 4.84. The minimum atomic E-state index is -4.34. The smallest absolute Gasteiger partial charge is 0.335 e. The summed E-state index contributed by atoms with van der Waals surface area (Å²) in [5.41, 5.74) is -1.93. The van der Waals surface area contributed by atoms with Gasteiger partial charge in [-0.3, -0.25) is 19.1 Å². The van der Waals surface area contributed by atoms with Crippen LogP contribution in [-0.2, 0) is 28.3 Å². The summed E-state index contributed by atoms with van der Waals surface area (Å²) in [7, 11) is -2.87. The first kappa shape index (κ1) is 32.9. The maximum Gasteiger partial charge on any atom is 0.335 e. The number of carboxylic acids is 1. The van der Waals surface area contributed by atoms with E-state index in [-0.39, 0.29) is 22.8 Å². The standard InChI is InChI=1S/C32H28F2N4O8S/c1-37-13-12-28(40)38(32(37)44)22-8-4-18(5-9-22)14-26(31(42)43)35-30(41)29-24(33)16-21(17-25(29)34)36-47(45,46)23-10-6-20(7-11-23)27(39)15-19-2-3-19/h4-13,16-17,19,26,36H,2-3,14-15H2,1H3,(H,35,41)(H,42,43)/t26-/m0/s1. The molecule has 12 nitrogen and oxygen atoms in total. The second kappa shape index (κ2) is 13.1. The van der Waals surface area contributed by atoms with Crippen molar-refractivity contribution in [2.45, 2.75) is 36.6 Å². The Balaban J connectivity index is 1.27. The summed E-state index contributed by atoms with van der Waals surface area (Å²) in [5.74, 6) is -5.58. The molecule has 1 saturated carbocycles. The van der Waals surface area contributed by atoms with Crippen molar-refractivity contribution in [3.05, 3.63) is 122 Å². The third kappa shape index (κ3) is 7.52. The Morgan fingerprint density at radius 3 is 2.15 bits per heavy atom. The Morgan fingerprint density at radius 1 is 0.957 bits per heavy atom. The van der Waals surface area contributed by atoms with E-state index in [4.69, 9.17) is 0 Å². The molecule has 0 bridgehead atoms. The lowest BCUT2D eigenvalue weighted by Crippen LogP contribution is -2.43. The van der Waals surface area contributed by atoms with Gasteiger partial charge in [0.15, 0.2) is 5.78 Å². The average Bonchev–Trinajstić information content (AvgIpc) is 3.83. The molecule has 47 heavy (non-hydrogen) atoms. The lowest BCUT2D eigenvalue weighted by atomic mass is 10.0. The van der Waals surface area contributed by atoms with Crippen LogP contribution in [0.3, 0.4) is 0 Å². The maximum absolute atomic E-state index is 15.0. The van der Waals surface area contributed by atoms with Gasteiger partial charge in [-0.1, -0.05) is 24.3 Å². The number of ketones is 1. The minimum Gasteiger partial charge on any atom is -0.480 e. The number of nitrogens with one attached hydrogen (secondary N) is 2. The van der Waals surface area contributed by atoms with Crippen molar-refractivity contribution >= 4 is 33.4 Å².